The molecule has 0 bridgehead atoms. The second kappa shape index (κ2) is 8.51. The molecule has 2 aliphatic heterocycles. The van der Waals surface area contributed by atoms with E-state index in [2.05, 4.69) is 0 Å². The van der Waals surface area contributed by atoms with Crippen LogP contribution in [0.3, 0.4) is 0 Å². The minimum Gasteiger partial charge on any atom is -0.454 e. The average Bonchev–Trinajstić information content (AvgIpc) is 3.32. The number of benzene rings is 2. The Labute approximate surface area is 178 Å². The molecule has 1 fully saturated rings. The smallest absolute Gasteiger partial charge is 0.330 e. The maximum absolute atomic E-state index is 13.0. The normalized spacial score (nSPS) is 16.5. The Morgan fingerprint density at radius 3 is 2.10 bits per heavy atom. The van der Waals surface area contributed by atoms with Crippen LogP contribution < -0.4 is 0 Å². The highest BCUT2D eigenvalue weighted by molar-refractivity contribution is 6.22. The molecule has 2 aromatic carbocycles. The van der Waals surface area contributed by atoms with E-state index in [4.69, 9.17) is 4.74 Å². The number of amides is 4. The summed E-state index contributed by atoms with van der Waals surface area (Å²) in [6.07, 6.45) is 0.900. The standard InChI is InChI=1S/C23H20N2O6/c26-19-11-6-12-24(19)20(27)14-31-23(30)18(13-15-7-2-1-3-8-15)25-21(28)16-9-4-5-10-17(16)22(25)29/h1-5,7-10,18H,6,11-14H2. The summed E-state index contributed by atoms with van der Waals surface area (Å²) in [5.41, 5.74) is 1.16. The van der Waals surface area contributed by atoms with Crippen LogP contribution in [0, 0.1) is 0 Å². The van der Waals surface area contributed by atoms with Crippen LogP contribution >= 0.6 is 0 Å². The number of fused-ring (bicyclic) bond motifs is 1. The molecular formula is C23H20N2O6. The zero-order valence-electron chi connectivity index (χ0n) is 16.7. The van der Waals surface area contributed by atoms with Gasteiger partial charge in [-0.3, -0.25) is 29.0 Å². The van der Waals surface area contributed by atoms with Crippen molar-refractivity contribution in [1.29, 1.82) is 0 Å². The Balaban J connectivity index is 1.55. The van der Waals surface area contributed by atoms with Gasteiger partial charge in [0.1, 0.15) is 6.04 Å². The van der Waals surface area contributed by atoms with E-state index in [1.165, 1.54) is 12.1 Å². The Bertz CT molecular complexity index is 1030. The summed E-state index contributed by atoms with van der Waals surface area (Å²) in [5, 5.41) is 0. The Morgan fingerprint density at radius 1 is 0.903 bits per heavy atom. The van der Waals surface area contributed by atoms with Gasteiger partial charge in [0.2, 0.25) is 5.91 Å². The second-order valence-electron chi connectivity index (χ2n) is 7.38. The maximum Gasteiger partial charge on any atom is 0.330 e. The molecule has 1 unspecified atom stereocenters. The highest BCUT2D eigenvalue weighted by Gasteiger charge is 2.43. The minimum absolute atomic E-state index is 0.0436. The van der Waals surface area contributed by atoms with E-state index in [9.17, 15) is 24.0 Å². The van der Waals surface area contributed by atoms with Crippen LogP contribution in [0.4, 0.5) is 0 Å². The van der Waals surface area contributed by atoms with Gasteiger partial charge in [0.25, 0.3) is 17.7 Å². The third kappa shape index (κ3) is 3.96. The SMILES string of the molecule is O=C(OCC(=O)N1CCCC1=O)C(Cc1ccccc1)N1C(=O)c2ccccc2C1=O. The summed E-state index contributed by atoms with van der Waals surface area (Å²) in [6, 6.07) is 14.0. The van der Waals surface area contributed by atoms with Crippen molar-refractivity contribution >= 4 is 29.6 Å². The van der Waals surface area contributed by atoms with E-state index in [0.717, 1.165) is 15.4 Å². The van der Waals surface area contributed by atoms with Crippen molar-refractivity contribution < 1.29 is 28.7 Å². The van der Waals surface area contributed by atoms with Crippen molar-refractivity contribution in [1.82, 2.24) is 9.80 Å². The second-order valence-corrected chi connectivity index (χ2v) is 7.38. The van der Waals surface area contributed by atoms with E-state index in [1.54, 1.807) is 36.4 Å². The predicted molar refractivity (Wildman–Crippen MR) is 108 cm³/mol. The van der Waals surface area contributed by atoms with Gasteiger partial charge in [0.15, 0.2) is 6.61 Å². The van der Waals surface area contributed by atoms with Crippen LogP contribution in [0.5, 0.6) is 0 Å². The van der Waals surface area contributed by atoms with Crippen LogP contribution in [0.2, 0.25) is 0 Å². The molecule has 2 aromatic rings. The molecule has 2 aliphatic rings. The lowest BCUT2D eigenvalue weighted by atomic mass is 10.0. The number of nitrogens with zero attached hydrogens (tertiary/aromatic N) is 2. The van der Waals surface area contributed by atoms with E-state index in [0.29, 0.717) is 13.0 Å². The number of esters is 1. The fraction of sp³-hybridized carbons (Fsp3) is 0.261. The molecule has 8 heteroatoms. The highest BCUT2D eigenvalue weighted by Crippen LogP contribution is 2.26. The van der Waals surface area contributed by atoms with Crippen molar-refractivity contribution in [2.45, 2.75) is 25.3 Å². The number of hydrogen-bond acceptors (Lipinski definition) is 6. The molecule has 1 atom stereocenters. The van der Waals surface area contributed by atoms with Crippen molar-refractivity contribution in [2.75, 3.05) is 13.2 Å². The van der Waals surface area contributed by atoms with Crippen molar-refractivity contribution in [3.05, 3.63) is 71.3 Å². The molecule has 0 aliphatic carbocycles. The van der Waals surface area contributed by atoms with Gasteiger partial charge in [-0.15, -0.1) is 0 Å². The first-order chi connectivity index (χ1) is 15.0. The summed E-state index contributed by atoms with van der Waals surface area (Å²) < 4.78 is 5.18. The maximum atomic E-state index is 13.0. The number of carbonyl (C=O) groups is 5. The first kappa shape index (κ1) is 20.5. The number of imide groups is 2. The number of rotatable bonds is 6. The molecule has 158 valence electrons. The summed E-state index contributed by atoms with van der Waals surface area (Å²) in [4.78, 5) is 64.7. The summed E-state index contributed by atoms with van der Waals surface area (Å²) in [5.74, 6) is -2.96. The molecule has 0 radical (unpaired) electrons. The van der Waals surface area contributed by atoms with Crippen molar-refractivity contribution in [3.63, 3.8) is 0 Å². The van der Waals surface area contributed by atoms with Gasteiger partial charge < -0.3 is 4.74 Å². The lowest BCUT2D eigenvalue weighted by molar-refractivity contribution is -0.157. The number of likely N-dealkylation sites (tertiary alicyclic amines) is 1. The number of hydrogen-bond donors (Lipinski definition) is 0. The fourth-order valence-corrected chi connectivity index (χ4v) is 3.83. The number of carbonyl (C=O) groups excluding carboxylic acids is 5. The molecule has 0 N–H and O–H groups in total. The monoisotopic (exact) mass is 420 g/mol. The topological polar surface area (TPSA) is 101 Å². The van der Waals surface area contributed by atoms with Gasteiger partial charge in [-0.05, 0) is 24.1 Å². The van der Waals surface area contributed by atoms with Gasteiger partial charge >= 0.3 is 5.97 Å². The molecule has 0 spiro atoms. The lowest BCUT2D eigenvalue weighted by Crippen LogP contribution is -2.48. The van der Waals surface area contributed by atoms with E-state index >= 15 is 0 Å². The Kier molecular flexibility index (Phi) is 5.62. The molecule has 1 saturated heterocycles. The molecule has 4 rings (SSSR count). The van der Waals surface area contributed by atoms with Crippen molar-refractivity contribution in [3.8, 4) is 0 Å². The third-order valence-electron chi connectivity index (χ3n) is 5.39. The molecule has 0 aromatic heterocycles. The number of ether oxygens (including phenoxy) is 1. The summed E-state index contributed by atoms with van der Waals surface area (Å²) in [6.45, 7) is -0.333. The minimum atomic E-state index is -1.24. The molecule has 0 saturated carbocycles. The third-order valence-corrected chi connectivity index (χ3v) is 5.39. The van der Waals surface area contributed by atoms with Crippen LogP contribution in [0.25, 0.3) is 0 Å². The van der Waals surface area contributed by atoms with Gasteiger partial charge in [-0.25, -0.2) is 4.79 Å². The molecule has 31 heavy (non-hydrogen) atoms. The van der Waals surface area contributed by atoms with E-state index < -0.39 is 36.3 Å². The molecule has 8 nitrogen and oxygen atoms in total. The Hall–Kier alpha value is -3.81. The van der Waals surface area contributed by atoms with Crippen LogP contribution in [-0.2, 0) is 25.5 Å². The quantitative estimate of drug-likeness (QED) is 0.520. The van der Waals surface area contributed by atoms with Crippen LogP contribution in [-0.4, -0.2) is 58.6 Å². The molecule has 4 amide bonds. The van der Waals surface area contributed by atoms with Gasteiger partial charge in [0.05, 0.1) is 11.1 Å². The van der Waals surface area contributed by atoms with Crippen molar-refractivity contribution in [2.24, 2.45) is 0 Å². The summed E-state index contributed by atoms with van der Waals surface area (Å²) >= 11 is 0. The average molecular weight is 420 g/mol. The highest BCUT2D eigenvalue weighted by atomic mass is 16.5. The fourth-order valence-electron chi connectivity index (χ4n) is 3.83. The molecular weight excluding hydrogens is 400 g/mol. The largest absolute Gasteiger partial charge is 0.454 e. The van der Waals surface area contributed by atoms with Gasteiger partial charge in [-0.2, -0.15) is 0 Å². The summed E-state index contributed by atoms with van der Waals surface area (Å²) in [7, 11) is 0. The van der Waals surface area contributed by atoms with Crippen LogP contribution in [0.15, 0.2) is 54.6 Å². The van der Waals surface area contributed by atoms with E-state index in [-0.39, 0.29) is 29.9 Å². The van der Waals surface area contributed by atoms with Crippen LogP contribution in [0.1, 0.15) is 39.1 Å². The van der Waals surface area contributed by atoms with E-state index in [1.807, 2.05) is 6.07 Å². The zero-order valence-corrected chi connectivity index (χ0v) is 16.7. The predicted octanol–water partition coefficient (Wildman–Crippen LogP) is 1.59. The Morgan fingerprint density at radius 2 is 1.52 bits per heavy atom. The first-order valence-electron chi connectivity index (χ1n) is 9.98. The van der Waals surface area contributed by atoms with Gasteiger partial charge in [-0.1, -0.05) is 42.5 Å². The first-order valence-corrected chi connectivity index (χ1v) is 9.98. The lowest BCUT2D eigenvalue weighted by Gasteiger charge is -2.25. The zero-order chi connectivity index (χ0) is 22.0. The molecule has 2 heterocycles. The van der Waals surface area contributed by atoms with Gasteiger partial charge in [0, 0.05) is 19.4 Å².